The van der Waals surface area contributed by atoms with Gasteiger partial charge in [-0.25, -0.2) is 0 Å². The second kappa shape index (κ2) is 12.2. The van der Waals surface area contributed by atoms with Gasteiger partial charge in [0.15, 0.2) is 5.96 Å². The first kappa shape index (κ1) is 22.0. The predicted octanol–water partition coefficient (Wildman–Crippen LogP) is 1.40. The van der Waals surface area contributed by atoms with Crippen LogP contribution < -0.4 is 5.32 Å². The van der Waals surface area contributed by atoms with E-state index in [1.807, 2.05) is 4.90 Å². The van der Waals surface area contributed by atoms with Crippen LogP contribution in [0.25, 0.3) is 0 Å². The molecule has 0 aliphatic carbocycles. The van der Waals surface area contributed by atoms with Gasteiger partial charge in [0.05, 0.1) is 19.2 Å². The molecule has 0 aromatic heterocycles. The molecule has 2 rings (SSSR count). The Morgan fingerprint density at radius 1 is 1.04 bits per heavy atom. The zero-order chi connectivity index (χ0) is 19.5. The minimum Gasteiger partial charge on any atom is -0.380 e. The van der Waals surface area contributed by atoms with E-state index in [-0.39, 0.29) is 6.04 Å². The zero-order valence-corrected chi connectivity index (χ0v) is 17.6. The molecule has 2 fully saturated rings. The first-order chi connectivity index (χ1) is 13.2. The maximum Gasteiger partial charge on any atom is 0.239 e. The number of carbonyl (C=O) groups excluding carboxylic acids is 1. The number of nitrogens with one attached hydrogen (secondary N) is 1. The largest absolute Gasteiger partial charge is 0.380 e. The summed E-state index contributed by atoms with van der Waals surface area (Å²) >= 11 is 0. The highest BCUT2D eigenvalue weighted by Gasteiger charge is 2.30. The molecule has 1 N–H and O–H groups in total. The van der Waals surface area contributed by atoms with Gasteiger partial charge >= 0.3 is 0 Å². The standard InChI is InChI=1S/C20H39N5O2/c1-4-6-16-27-17-9-22-20(21-5-2)25-14-12-23(13-15-25)18(3)19(26)24-10-7-8-11-24/h18H,4-17H2,1-3H3,(H,21,22). The van der Waals surface area contributed by atoms with Crippen molar-refractivity contribution < 1.29 is 9.53 Å². The van der Waals surface area contributed by atoms with Gasteiger partial charge in [0.1, 0.15) is 0 Å². The van der Waals surface area contributed by atoms with Crippen molar-refractivity contribution in [3.63, 3.8) is 0 Å². The molecule has 2 aliphatic heterocycles. The van der Waals surface area contributed by atoms with Gasteiger partial charge in [0.2, 0.25) is 5.91 Å². The summed E-state index contributed by atoms with van der Waals surface area (Å²) in [5, 5.41) is 3.39. The number of nitrogens with zero attached hydrogens (tertiary/aromatic N) is 4. The number of ether oxygens (including phenoxy) is 1. The van der Waals surface area contributed by atoms with Crippen molar-refractivity contribution in [1.82, 2.24) is 20.0 Å². The van der Waals surface area contributed by atoms with E-state index < -0.39 is 0 Å². The summed E-state index contributed by atoms with van der Waals surface area (Å²) in [4.78, 5) is 24.0. The summed E-state index contributed by atoms with van der Waals surface area (Å²) in [6, 6.07) is -0.0169. The van der Waals surface area contributed by atoms with E-state index in [0.29, 0.717) is 19.1 Å². The Kier molecular flexibility index (Phi) is 9.91. The Labute approximate surface area is 165 Å². The average molecular weight is 382 g/mol. The SMILES string of the molecule is CCCCOCCN=C(NCC)N1CCN(C(C)C(=O)N2CCCC2)CC1. The molecule has 0 radical (unpaired) electrons. The molecule has 2 aliphatic rings. The summed E-state index contributed by atoms with van der Waals surface area (Å²) in [6.45, 7) is 14.8. The highest BCUT2D eigenvalue weighted by Crippen LogP contribution is 2.14. The van der Waals surface area contributed by atoms with Crippen LogP contribution in [0, 0.1) is 0 Å². The lowest BCUT2D eigenvalue weighted by Crippen LogP contribution is -2.57. The van der Waals surface area contributed by atoms with Crippen molar-refractivity contribution in [3.05, 3.63) is 0 Å². The molecule has 0 saturated carbocycles. The minimum atomic E-state index is -0.0169. The molecule has 2 saturated heterocycles. The monoisotopic (exact) mass is 381 g/mol. The van der Waals surface area contributed by atoms with Gasteiger partial charge in [0, 0.05) is 52.4 Å². The fourth-order valence-electron chi connectivity index (χ4n) is 3.67. The number of likely N-dealkylation sites (tertiary alicyclic amines) is 1. The normalized spacial score (nSPS) is 20.2. The fourth-order valence-corrected chi connectivity index (χ4v) is 3.67. The summed E-state index contributed by atoms with van der Waals surface area (Å²) in [5.41, 5.74) is 0. The second-order valence-electron chi connectivity index (χ2n) is 7.43. The van der Waals surface area contributed by atoms with Gasteiger partial charge in [-0.1, -0.05) is 13.3 Å². The van der Waals surface area contributed by atoms with Gasteiger partial charge in [-0.2, -0.15) is 0 Å². The molecule has 156 valence electrons. The van der Waals surface area contributed by atoms with Gasteiger partial charge < -0.3 is 19.9 Å². The molecule has 7 heteroatoms. The Bertz CT molecular complexity index is 457. The lowest BCUT2D eigenvalue weighted by molar-refractivity contribution is -0.135. The molecule has 27 heavy (non-hydrogen) atoms. The van der Waals surface area contributed by atoms with Crippen LogP contribution >= 0.6 is 0 Å². The molecule has 1 amide bonds. The quantitative estimate of drug-likeness (QED) is 0.372. The average Bonchev–Trinajstić information content (AvgIpc) is 3.23. The Morgan fingerprint density at radius 2 is 1.74 bits per heavy atom. The lowest BCUT2D eigenvalue weighted by atomic mass is 10.2. The first-order valence-electron chi connectivity index (χ1n) is 10.8. The van der Waals surface area contributed by atoms with Crippen LogP contribution in [0.5, 0.6) is 0 Å². The van der Waals surface area contributed by atoms with E-state index in [1.165, 1.54) is 0 Å². The maximum absolute atomic E-state index is 12.6. The predicted molar refractivity (Wildman–Crippen MR) is 110 cm³/mol. The van der Waals surface area contributed by atoms with E-state index in [1.54, 1.807) is 0 Å². The number of hydrogen-bond acceptors (Lipinski definition) is 4. The van der Waals surface area contributed by atoms with Crippen molar-refractivity contribution >= 4 is 11.9 Å². The highest BCUT2D eigenvalue weighted by molar-refractivity contribution is 5.82. The van der Waals surface area contributed by atoms with Gasteiger partial charge in [-0.3, -0.25) is 14.7 Å². The van der Waals surface area contributed by atoms with Gasteiger partial charge in [-0.15, -0.1) is 0 Å². The number of carbonyl (C=O) groups is 1. The Balaban J connectivity index is 1.77. The molecule has 0 aromatic rings. The van der Waals surface area contributed by atoms with Gasteiger partial charge in [0.25, 0.3) is 0 Å². The maximum atomic E-state index is 12.6. The van der Waals surface area contributed by atoms with Crippen LogP contribution in [0.2, 0.25) is 0 Å². The number of aliphatic imine (C=N–C) groups is 1. The highest BCUT2D eigenvalue weighted by atomic mass is 16.5. The molecule has 0 aromatic carbocycles. The van der Waals surface area contributed by atoms with Crippen LogP contribution in [0.1, 0.15) is 46.5 Å². The number of hydrogen-bond donors (Lipinski definition) is 1. The molecule has 7 nitrogen and oxygen atoms in total. The second-order valence-corrected chi connectivity index (χ2v) is 7.43. The van der Waals surface area contributed by atoms with Crippen LogP contribution in [0.15, 0.2) is 4.99 Å². The van der Waals surface area contributed by atoms with Crippen molar-refractivity contribution in [2.45, 2.75) is 52.5 Å². The molecular weight excluding hydrogens is 342 g/mol. The topological polar surface area (TPSA) is 60.4 Å². The summed E-state index contributed by atoms with van der Waals surface area (Å²) in [5.74, 6) is 1.26. The Morgan fingerprint density at radius 3 is 2.37 bits per heavy atom. The summed E-state index contributed by atoms with van der Waals surface area (Å²) in [6.07, 6.45) is 4.57. The van der Waals surface area contributed by atoms with Crippen LogP contribution in [-0.2, 0) is 9.53 Å². The van der Waals surface area contributed by atoms with Crippen molar-refractivity contribution in [3.8, 4) is 0 Å². The van der Waals surface area contributed by atoms with Crippen LogP contribution in [0.3, 0.4) is 0 Å². The number of guanidine groups is 1. The van der Waals surface area contributed by atoms with E-state index in [9.17, 15) is 4.79 Å². The number of unbranched alkanes of at least 4 members (excludes halogenated alkanes) is 1. The molecular formula is C20H39N5O2. The van der Waals surface area contributed by atoms with Crippen LogP contribution in [0.4, 0.5) is 0 Å². The molecule has 2 heterocycles. The lowest BCUT2D eigenvalue weighted by Gasteiger charge is -2.39. The molecule has 0 bridgehead atoms. The van der Waals surface area contributed by atoms with Gasteiger partial charge in [-0.05, 0) is 33.1 Å². The Hall–Kier alpha value is -1.34. The summed E-state index contributed by atoms with van der Waals surface area (Å²) < 4.78 is 5.61. The third-order valence-corrected chi connectivity index (χ3v) is 5.41. The molecule has 1 unspecified atom stereocenters. The number of amides is 1. The smallest absolute Gasteiger partial charge is 0.239 e. The van der Waals surface area contributed by atoms with Crippen molar-refractivity contribution in [2.24, 2.45) is 4.99 Å². The van der Waals surface area contributed by atoms with E-state index in [4.69, 9.17) is 9.73 Å². The first-order valence-corrected chi connectivity index (χ1v) is 10.8. The number of piperazine rings is 1. The molecule has 1 atom stereocenters. The van der Waals surface area contributed by atoms with Crippen LogP contribution in [-0.4, -0.2) is 98.2 Å². The fraction of sp³-hybridized carbons (Fsp3) is 0.900. The minimum absolute atomic E-state index is 0.0169. The molecule has 0 spiro atoms. The zero-order valence-electron chi connectivity index (χ0n) is 17.6. The third-order valence-electron chi connectivity index (χ3n) is 5.41. The van der Waals surface area contributed by atoms with Crippen molar-refractivity contribution in [1.29, 1.82) is 0 Å². The summed E-state index contributed by atoms with van der Waals surface area (Å²) in [7, 11) is 0. The van der Waals surface area contributed by atoms with E-state index in [0.717, 1.165) is 84.1 Å². The van der Waals surface area contributed by atoms with Crippen molar-refractivity contribution in [2.75, 3.05) is 65.6 Å². The third kappa shape index (κ3) is 6.96. The van der Waals surface area contributed by atoms with E-state index >= 15 is 0 Å². The van der Waals surface area contributed by atoms with E-state index in [2.05, 4.69) is 35.9 Å². The number of rotatable bonds is 9.